The van der Waals surface area contributed by atoms with Crippen molar-refractivity contribution in [2.45, 2.75) is 47.5 Å². The van der Waals surface area contributed by atoms with E-state index in [2.05, 4.69) is 63.6 Å². The van der Waals surface area contributed by atoms with Crippen LogP contribution in [0, 0.1) is 12.8 Å². The maximum Gasteiger partial charge on any atom is 0.339 e. The van der Waals surface area contributed by atoms with Gasteiger partial charge in [0.25, 0.3) is 0 Å². The Morgan fingerprint density at radius 2 is 1.89 bits per heavy atom. The van der Waals surface area contributed by atoms with Gasteiger partial charge in [0, 0.05) is 24.5 Å². The fourth-order valence-corrected chi connectivity index (χ4v) is 3.06. The van der Waals surface area contributed by atoms with Crippen LogP contribution in [0.2, 0.25) is 0 Å². The van der Waals surface area contributed by atoms with Gasteiger partial charge in [-0.05, 0) is 48.9 Å². The Kier molecular flexibility index (Phi) is 7.44. The number of rotatable bonds is 8. The molecule has 2 aromatic rings. The van der Waals surface area contributed by atoms with Crippen molar-refractivity contribution < 1.29 is 14.3 Å². The molecular weight excluding hydrogens is 352 g/mol. The highest BCUT2D eigenvalue weighted by Crippen LogP contribution is 2.36. The molecule has 0 radical (unpaired) electrons. The number of aryl methyl sites for hydroxylation is 1. The first-order valence-corrected chi connectivity index (χ1v) is 9.87. The molecule has 0 atom stereocenters. The van der Waals surface area contributed by atoms with Gasteiger partial charge < -0.3 is 14.4 Å². The number of carbonyl (C=O) groups excluding carboxylic acids is 1. The van der Waals surface area contributed by atoms with Crippen molar-refractivity contribution in [1.29, 1.82) is 0 Å². The Balaban J connectivity index is 2.44. The second kappa shape index (κ2) is 9.58. The van der Waals surface area contributed by atoms with Crippen LogP contribution in [-0.4, -0.2) is 31.2 Å². The number of benzene rings is 1. The molecule has 0 fully saturated rings. The summed E-state index contributed by atoms with van der Waals surface area (Å²) in [7, 11) is 1.37. The molecule has 2 rings (SSSR count). The van der Waals surface area contributed by atoms with Crippen molar-refractivity contribution in [3.8, 4) is 5.75 Å². The molecule has 0 saturated heterocycles. The highest BCUT2D eigenvalue weighted by molar-refractivity contribution is 5.89. The van der Waals surface area contributed by atoms with E-state index in [1.165, 1.54) is 18.2 Å². The minimum absolute atomic E-state index is 0.377. The third-order valence-electron chi connectivity index (χ3n) is 4.58. The second-order valence-electron chi connectivity index (χ2n) is 7.68. The number of hydrogen-bond donors (Lipinski definition) is 0. The molecule has 1 heterocycles. The summed E-state index contributed by atoms with van der Waals surface area (Å²) in [5.41, 5.74) is 3.88. The molecule has 5 nitrogen and oxygen atoms in total. The maximum absolute atomic E-state index is 11.7. The molecule has 0 aliphatic heterocycles. The quantitative estimate of drug-likeness (QED) is 0.563. The van der Waals surface area contributed by atoms with E-state index in [0.29, 0.717) is 24.0 Å². The number of carbonyl (C=O) groups is 1. The number of esters is 1. The van der Waals surface area contributed by atoms with E-state index < -0.39 is 0 Å². The minimum Gasteiger partial charge on any atom is -0.493 e. The summed E-state index contributed by atoms with van der Waals surface area (Å²) in [5.74, 6) is 2.16. The van der Waals surface area contributed by atoms with Gasteiger partial charge in [-0.15, -0.1) is 0 Å². The molecule has 5 heteroatoms. The molecular formula is C23H32N2O3. The second-order valence-corrected chi connectivity index (χ2v) is 7.68. The topological polar surface area (TPSA) is 51.7 Å². The van der Waals surface area contributed by atoms with Gasteiger partial charge in [-0.3, -0.25) is 0 Å². The van der Waals surface area contributed by atoms with Crippen molar-refractivity contribution in [3.63, 3.8) is 0 Å². The summed E-state index contributed by atoms with van der Waals surface area (Å²) < 4.78 is 10.9. The van der Waals surface area contributed by atoms with E-state index >= 15 is 0 Å². The van der Waals surface area contributed by atoms with Crippen LogP contribution in [0.3, 0.4) is 0 Å². The molecule has 28 heavy (non-hydrogen) atoms. The molecule has 1 aromatic heterocycles. The summed E-state index contributed by atoms with van der Waals surface area (Å²) in [4.78, 5) is 18.3. The molecule has 0 spiro atoms. The Labute approximate surface area is 168 Å². The molecule has 0 amide bonds. The van der Waals surface area contributed by atoms with Gasteiger partial charge >= 0.3 is 5.97 Å². The average Bonchev–Trinajstić information content (AvgIpc) is 2.68. The minimum atomic E-state index is -0.385. The predicted molar refractivity (Wildman–Crippen MR) is 114 cm³/mol. The lowest BCUT2D eigenvalue weighted by Gasteiger charge is -2.26. The van der Waals surface area contributed by atoms with Crippen LogP contribution in [0.5, 0.6) is 5.75 Å². The first-order valence-electron chi connectivity index (χ1n) is 9.87. The number of anilines is 2. The number of ether oxygens (including phenoxy) is 2. The van der Waals surface area contributed by atoms with Crippen LogP contribution in [0.25, 0.3) is 0 Å². The lowest BCUT2D eigenvalue weighted by molar-refractivity contribution is 0.0600. The largest absolute Gasteiger partial charge is 0.493 e. The molecule has 1 aromatic carbocycles. The van der Waals surface area contributed by atoms with Crippen molar-refractivity contribution in [1.82, 2.24) is 4.98 Å². The maximum atomic E-state index is 11.7. The van der Waals surface area contributed by atoms with E-state index in [1.54, 1.807) is 12.3 Å². The van der Waals surface area contributed by atoms with Crippen molar-refractivity contribution in [3.05, 3.63) is 47.2 Å². The molecule has 0 N–H and O–H groups in total. The third kappa shape index (κ3) is 5.03. The lowest BCUT2D eigenvalue weighted by atomic mass is 9.98. The number of nitrogens with zero attached hydrogens (tertiary/aromatic N) is 2. The van der Waals surface area contributed by atoms with Crippen LogP contribution in [-0.2, 0) is 4.74 Å². The number of aromatic nitrogens is 1. The highest BCUT2D eigenvalue weighted by Gasteiger charge is 2.18. The normalized spacial score (nSPS) is 11.0. The van der Waals surface area contributed by atoms with Gasteiger partial charge in [0.15, 0.2) is 0 Å². The van der Waals surface area contributed by atoms with Crippen molar-refractivity contribution in [2.24, 2.45) is 5.92 Å². The standard InChI is InChI=1S/C23H32N2O3/c1-8-25(22-10-9-18(13-24-22)23(26)27-7)20-12-21(28-14-15(2)3)19(16(4)5)11-17(20)6/h9-13,15-16H,8,14H2,1-7H3. The van der Waals surface area contributed by atoms with E-state index in [4.69, 9.17) is 9.47 Å². The number of pyridine rings is 1. The van der Waals surface area contributed by atoms with Crippen LogP contribution >= 0.6 is 0 Å². The highest BCUT2D eigenvalue weighted by atomic mass is 16.5. The van der Waals surface area contributed by atoms with Crippen LogP contribution in [0.1, 0.15) is 62.0 Å². The molecule has 152 valence electrons. The predicted octanol–water partition coefficient (Wildman–Crippen LogP) is 5.49. The van der Waals surface area contributed by atoms with Gasteiger partial charge in [-0.2, -0.15) is 0 Å². The van der Waals surface area contributed by atoms with Crippen molar-refractivity contribution >= 4 is 17.5 Å². The zero-order valence-corrected chi connectivity index (χ0v) is 18.1. The summed E-state index contributed by atoms with van der Waals surface area (Å²) in [6, 6.07) is 7.92. The first-order chi connectivity index (χ1) is 13.3. The molecule has 0 saturated carbocycles. The zero-order chi connectivity index (χ0) is 20.8. The first kappa shape index (κ1) is 21.7. The van der Waals surface area contributed by atoms with Gasteiger partial charge in [0.05, 0.1) is 19.3 Å². The van der Waals surface area contributed by atoms with E-state index in [0.717, 1.165) is 23.8 Å². The van der Waals surface area contributed by atoms with Gasteiger partial charge in [-0.25, -0.2) is 9.78 Å². The summed E-state index contributed by atoms with van der Waals surface area (Å²) in [6.45, 7) is 14.3. The smallest absolute Gasteiger partial charge is 0.339 e. The average molecular weight is 385 g/mol. The Morgan fingerprint density at radius 3 is 2.39 bits per heavy atom. The summed E-state index contributed by atoms with van der Waals surface area (Å²) in [5, 5.41) is 0. The van der Waals surface area contributed by atoms with Crippen LogP contribution in [0.15, 0.2) is 30.5 Å². The molecule has 0 unspecified atom stereocenters. The molecule has 0 bridgehead atoms. The summed E-state index contributed by atoms with van der Waals surface area (Å²) >= 11 is 0. The molecule has 0 aliphatic carbocycles. The van der Waals surface area contributed by atoms with Gasteiger partial charge in [0.1, 0.15) is 11.6 Å². The zero-order valence-electron chi connectivity index (χ0n) is 18.1. The SMILES string of the molecule is CCN(c1ccc(C(=O)OC)cn1)c1cc(OCC(C)C)c(C(C)C)cc1C. The van der Waals surface area contributed by atoms with E-state index in [9.17, 15) is 4.79 Å². The van der Waals surface area contributed by atoms with E-state index in [1.807, 2.05) is 6.07 Å². The van der Waals surface area contributed by atoms with E-state index in [-0.39, 0.29) is 5.97 Å². The van der Waals surface area contributed by atoms with Crippen LogP contribution in [0.4, 0.5) is 11.5 Å². The number of hydrogen-bond acceptors (Lipinski definition) is 5. The van der Waals surface area contributed by atoms with Gasteiger partial charge in [0.2, 0.25) is 0 Å². The molecule has 0 aliphatic rings. The Bertz CT molecular complexity index is 798. The fourth-order valence-electron chi connectivity index (χ4n) is 3.06. The van der Waals surface area contributed by atoms with Crippen LogP contribution < -0.4 is 9.64 Å². The van der Waals surface area contributed by atoms with Gasteiger partial charge in [-0.1, -0.05) is 33.8 Å². The third-order valence-corrected chi connectivity index (χ3v) is 4.58. The summed E-state index contributed by atoms with van der Waals surface area (Å²) in [6.07, 6.45) is 1.55. The lowest BCUT2D eigenvalue weighted by Crippen LogP contribution is -2.19. The monoisotopic (exact) mass is 384 g/mol. The van der Waals surface area contributed by atoms with Crippen molar-refractivity contribution in [2.75, 3.05) is 25.2 Å². The Morgan fingerprint density at radius 1 is 1.18 bits per heavy atom. The fraction of sp³-hybridized carbons (Fsp3) is 0.478. The Hall–Kier alpha value is -2.56. The number of methoxy groups -OCH3 is 1.